The summed E-state index contributed by atoms with van der Waals surface area (Å²) in [6.45, 7) is 0. The van der Waals surface area contributed by atoms with Crippen molar-refractivity contribution in [3.8, 4) is 5.75 Å². The van der Waals surface area contributed by atoms with E-state index in [0.717, 1.165) is 95.2 Å². The van der Waals surface area contributed by atoms with E-state index in [4.69, 9.17) is 23.0 Å². The fourth-order valence-electron chi connectivity index (χ4n) is 7.85. The van der Waals surface area contributed by atoms with Gasteiger partial charge in [0.2, 0.25) is 0 Å². The van der Waals surface area contributed by atoms with Gasteiger partial charge in [-0.25, -0.2) is 0 Å². The summed E-state index contributed by atoms with van der Waals surface area (Å²) in [5.74, 6) is 0.803. The first-order chi connectivity index (χ1) is 25.7. The number of methoxy groups -OCH3 is 1. The SMILES string of the molecule is COc1ccc(C2=C3C=CC(=N3)C(c3ccccc3)=c3ccc4[n]3[Tl]([Cl])[n]3c(ccc32)C(c2ccccc2)=C2C=CC(=N2)C=4c2ccccc2)cc1. The van der Waals surface area contributed by atoms with Gasteiger partial charge in [-0.15, -0.1) is 0 Å². The number of benzene rings is 4. The van der Waals surface area contributed by atoms with Crippen LogP contribution in [0.4, 0.5) is 0 Å². The van der Waals surface area contributed by atoms with Gasteiger partial charge in [-0.2, -0.15) is 0 Å². The molecular formula is C45H30ClN4OTl. The zero-order valence-corrected chi connectivity index (χ0v) is 33.5. The van der Waals surface area contributed by atoms with Crippen molar-refractivity contribution in [3.63, 3.8) is 0 Å². The van der Waals surface area contributed by atoms with Crippen LogP contribution in [-0.2, 0) is 0 Å². The van der Waals surface area contributed by atoms with Crippen molar-refractivity contribution < 1.29 is 4.74 Å². The van der Waals surface area contributed by atoms with Crippen LogP contribution in [0.15, 0.2) is 185 Å². The van der Waals surface area contributed by atoms with Crippen molar-refractivity contribution >= 4 is 64.1 Å². The summed E-state index contributed by atoms with van der Waals surface area (Å²) in [6, 6.07) is 49.0. The summed E-state index contributed by atoms with van der Waals surface area (Å²) in [5.41, 5.74) is 14.3. The van der Waals surface area contributed by atoms with Gasteiger partial charge in [0.05, 0.1) is 0 Å². The first-order valence-corrected chi connectivity index (χ1v) is 26.9. The third kappa shape index (κ3) is 4.94. The maximum absolute atomic E-state index is 8.34. The van der Waals surface area contributed by atoms with Gasteiger partial charge in [-0.1, -0.05) is 0 Å². The Labute approximate surface area is 314 Å². The van der Waals surface area contributed by atoms with Crippen LogP contribution in [0.25, 0.3) is 22.3 Å². The second-order valence-electron chi connectivity index (χ2n) is 13.0. The molecule has 4 aliphatic rings. The molecule has 0 spiro atoms. The second-order valence-corrected chi connectivity index (χ2v) is 22.9. The van der Waals surface area contributed by atoms with Gasteiger partial charge in [0.1, 0.15) is 0 Å². The van der Waals surface area contributed by atoms with E-state index < -0.39 is 22.1 Å². The van der Waals surface area contributed by atoms with Gasteiger partial charge < -0.3 is 0 Å². The first-order valence-electron chi connectivity index (χ1n) is 17.3. The number of allylic oxidation sites excluding steroid dienone is 4. The van der Waals surface area contributed by atoms with E-state index >= 15 is 0 Å². The van der Waals surface area contributed by atoms with E-state index in [0.29, 0.717) is 0 Å². The predicted octanol–water partition coefficient (Wildman–Crippen LogP) is 7.88. The number of ether oxygens (including phenoxy) is 1. The van der Waals surface area contributed by atoms with E-state index in [-0.39, 0.29) is 0 Å². The summed E-state index contributed by atoms with van der Waals surface area (Å²) in [5, 5.41) is 2.13. The summed E-state index contributed by atoms with van der Waals surface area (Å²) in [7, 11) is 10.0. The van der Waals surface area contributed by atoms with Crippen molar-refractivity contribution in [1.82, 2.24) is 4.75 Å². The number of aromatic nitrogens is 2. The van der Waals surface area contributed by atoms with Gasteiger partial charge in [0.25, 0.3) is 0 Å². The predicted molar refractivity (Wildman–Crippen MR) is 213 cm³/mol. The summed E-state index contributed by atoms with van der Waals surface area (Å²) >= 11 is -3.94. The van der Waals surface area contributed by atoms with Gasteiger partial charge in [-0.3, -0.25) is 0 Å². The van der Waals surface area contributed by atoms with Crippen molar-refractivity contribution in [3.05, 3.63) is 220 Å². The van der Waals surface area contributed by atoms with Crippen LogP contribution in [0.3, 0.4) is 0 Å². The molecule has 5 nitrogen and oxygen atoms in total. The van der Waals surface area contributed by atoms with Crippen LogP contribution in [0.5, 0.6) is 5.75 Å². The van der Waals surface area contributed by atoms with Crippen LogP contribution in [0.1, 0.15) is 33.6 Å². The molecule has 6 aromatic rings. The van der Waals surface area contributed by atoms with Crippen LogP contribution in [-0.4, -0.2) is 45.4 Å². The molecule has 0 radical (unpaired) electrons. The van der Waals surface area contributed by atoms with Gasteiger partial charge in [0.15, 0.2) is 0 Å². The Bertz CT molecular complexity index is 2750. The number of aliphatic imine (C=N–C) groups is 2. The van der Waals surface area contributed by atoms with Crippen molar-refractivity contribution in [2.75, 3.05) is 7.11 Å². The molecule has 0 saturated heterocycles. The second kappa shape index (κ2) is 12.6. The van der Waals surface area contributed by atoms with Crippen molar-refractivity contribution in [2.24, 2.45) is 9.98 Å². The Hall–Kier alpha value is -5.51. The number of hydrogen-bond acceptors (Lipinski definition) is 3. The molecule has 0 amide bonds. The zero-order valence-electron chi connectivity index (χ0n) is 28.2. The number of rotatable bonds is 5. The topological polar surface area (TPSA) is 43.8 Å². The minimum atomic E-state index is -3.94. The van der Waals surface area contributed by atoms with Crippen LogP contribution in [0.2, 0.25) is 0 Å². The number of fused-ring (bicyclic) bond motifs is 2. The molecule has 246 valence electrons. The molecule has 0 fully saturated rings. The molecule has 6 heterocycles. The van der Waals surface area contributed by atoms with Gasteiger partial charge in [0, 0.05) is 0 Å². The van der Waals surface area contributed by atoms with Crippen molar-refractivity contribution in [2.45, 2.75) is 0 Å². The molecule has 0 unspecified atom stereocenters. The third-order valence-corrected chi connectivity index (χ3v) is 21.2. The Morgan fingerprint density at radius 1 is 0.462 bits per heavy atom. The van der Waals surface area contributed by atoms with E-state index in [1.54, 1.807) is 7.11 Å². The van der Waals surface area contributed by atoms with Gasteiger partial charge >= 0.3 is 316 Å². The number of hydrogen-bond donors (Lipinski definition) is 0. The standard InChI is InChI=1S/C45H30N4O.ClH.Tl/c1-50-33-19-17-32(18-20-33)45-40-27-25-38(48-40)43(30-13-7-3-8-14-30)36-23-21-34(46-36)42(29-11-5-2-6-12-29)35-22-24-37(47-35)44(31-15-9-4-10-16-31)39-26-28-41(45)49-39;;/h2-28H,1H3;1H;/q-2;;+3/p-1. The average molecular weight is 883 g/mol. The Morgan fingerprint density at radius 2 is 0.885 bits per heavy atom. The summed E-state index contributed by atoms with van der Waals surface area (Å²) < 4.78 is 10.6. The zero-order chi connectivity index (χ0) is 34.8. The fraction of sp³-hybridized carbons (Fsp3) is 0.0222. The molecule has 7 heteroatoms. The minimum absolute atomic E-state index is 0.803. The maximum atomic E-state index is 8.34. The first kappa shape index (κ1) is 31.2. The monoisotopic (exact) mass is 882 g/mol. The molecule has 6 bridgehead atoms. The molecule has 2 aromatic heterocycles. The summed E-state index contributed by atoms with van der Waals surface area (Å²) in [4.78, 5) is 10.9. The van der Waals surface area contributed by atoms with Gasteiger partial charge in [-0.05, 0) is 0 Å². The quantitative estimate of drug-likeness (QED) is 0.163. The van der Waals surface area contributed by atoms with Crippen LogP contribution >= 0.6 is 8.32 Å². The van der Waals surface area contributed by atoms with E-state index in [9.17, 15) is 0 Å². The van der Waals surface area contributed by atoms with E-state index in [1.165, 1.54) is 0 Å². The molecule has 52 heavy (non-hydrogen) atoms. The molecule has 4 aliphatic heterocycles. The Kier molecular flexibility index (Phi) is 7.58. The van der Waals surface area contributed by atoms with E-state index in [2.05, 4.69) is 156 Å². The number of halogens is 1. The Balaban J connectivity index is 1.43. The van der Waals surface area contributed by atoms with E-state index in [1.807, 2.05) is 12.1 Å². The van der Waals surface area contributed by atoms with Crippen LogP contribution < -0.4 is 15.4 Å². The molecule has 0 aliphatic carbocycles. The molecule has 0 N–H and O–H groups in total. The fourth-order valence-corrected chi connectivity index (χ4v) is 19.4. The molecule has 10 rings (SSSR count). The normalized spacial score (nSPS) is 15.7. The average Bonchev–Trinajstić information content (AvgIpc) is 4.02. The number of nitrogens with zero attached hydrogens (tertiary/aromatic N) is 4. The van der Waals surface area contributed by atoms with Crippen LogP contribution in [0, 0.1) is 0 Å². The third-order valence-electron chi connectivity index (χ3n) is 10.2. The Morgan fingerprint density at radius 3 is 1.33 bits per heavy atom. The van der Waals surface area contributed by atoms with Crippen molar-refractivity contribution in [1.29, 1.82) is 0 Å². The molecule has 0 saturated carbocycles. The molecule has 0 atom stereocenters. The summed E-state index contributed by atoms with van der Waals surface area (Å²) in [6.07, 6.45) is 8.64. The molecule has 4 aromatic carbocycles. The molecular weight excluding hydrogens is 852 g/mol.